The molecule has 0 aliphatic rings. The summed E-state index contributed by atoms with van der Waals surface area (Å²) in [6.45, 7) is 5.45. The maximum atomic E-state index is 8.59. The molecular weight excluding hydrogens is 232 g/mol. The van der Waals surface area contributed by atoms with Crippen LogP contribution in [0.4, 0.5) is 5.82 Å². The maximum absolute atomic E-state index is 8.59. The van der Waals surface area contributed by atoms with Crippen molar-refractivity contribution in [1.29, 1.82) is 0 Å². The van der Waals surface area contributed by atoms with Gasteiger partial charge in [-0.05, 0) is 19.9 Å². The van der Waals surface area contributed by atoms with Gasteiger partial charge in [-0.2, -0.15) is 0 Å². The first-order chi connectivity index (χ1) is 8.70. The molecule has 0 fully saturated rings. The lowest BCUT2D eigenvalue weighted by Gasteiger charge is -2.07. The molecule has 0 spiro atoms. The standard InChI is InChI=1S/C12H18N4O2/c1-8-7-10-11(13-3-5-18-6-4-17)15-9(2)16-12(10)14-8/h7,17H,3-6H2,1-2H3,(H2,13,14,15,16). The second-order valence-corrected chi connectivity index (χ2v) is 4.10. The van der Waals surface area contributed by atoms with E-state index in [-0.39, 0.29) is 6.61 Å². The number of aromatic amines is 1. The number of hydrogen-bond acceptors (Lipinski definition) is 5. The summed E-state index contributed by atoms with van der Waals surface area (Å²) in [7, 11) is 0. The first kappa shape index (κ1) is 12.8. The van der Waals surface area contributed by atoms with Crippen LogP contribution < -0.4 is 5.32 Å². The van der Waals surface area contributed by atoms with E-state index in [1.165, 1.54) is 0 Å². The predicted octanol–water partition coefficient (Wildman–Crippen LogP) is 0.996. The molecule has 0 unspecified atom stereocenters. The van der Waals surface area contributed by atoms with E-state index in [0.29, 0.717) is 19.8 Å². The third-order valence-corrected chi connectivity index (χ3v) is 2.51. The third-order valence-electron chi connectivity index (χ3n) is 2.51. The summed E-state index contributed by atoms with van der Waals surface area (Å²) in [6.07, 6.45) is 0. The number of nitrogens with one attached hydrogen (secondary N) is 2. The Morgan fingerprint density at radius 1 is 1.33 bits per heavy atom. The largest absolute Gasteiger partial charge is 0.394 e. The first-order valence-electron chi connectivity index (χ1n) is 5.97. The van der Waals surface area contributed by atoms with Gasteiger partial charge in [0.15, 0.2) is 0 Å². The lowest BCUT2D eigenvalue weighted by molar-refractivity contribution is 0.0992. The summed E-state index contributed by atoms with van der Waals surface area (Å²) < 4.78 is 5.19. The zero-order valence-electron chi connectivity index (χ0n) is 10.7. The summed E-state index contributed by atoms with van der Waals surface area (Å²) in [4.78, 5) is 11.9. The van der Waals surface area contributed by atoms with Gasteiger partial charge >= 0.3 is 0 Å². The fraction of sp³-hybridized carbons (Fsp3) is 0.500. The molecule has 0 aliphatic carbocycles. The van der Waals surface area contributed by atoms with Gasteiger partial charge in [-0.25, -0.2) is 9.97 Å². The topological polar surface area (TPSA) is 83.1 Å². The fourth-order valence-electron chi connectivity index (χ4n) is 1.80. The van der Waals surface area contributed by atoms with Gasteiger partial charge in [-0.1, -0.05) is 0 Å². The molecule has 2 aromatic heterocycles. The van der Waals surface area contributed by atoms with Crippen molar-refractivity contribution in [2.45, 2.75) is 13.8 Å². The molecule has 2 heterocycles. The Kier molecular flexibility index (Phi) is 4.11. The van der Waals surface area contributed by atoms with Gasteiger partial charge in [-0.15, -0.1) is 0 Å². The molecule has 3 N–H and O–H groups in total. The van der Waals surface area contributed by atoms with E-state index in [9.17, 15) is 0 Å². The Bertz CT molecular complexity index is 524. The number of H-pyrrole nitrogens is 1. The van der Waals surface area contributed by atoms with Crippen LogP contribution in [0, 0.1) is 13.8 Å². The monoisotopic (exact) mass is 250 g/mol. The zero-order chi connectivity index (χ0) is 13.0. The Labute approximate surface area is 105 Å². The van der Waals surface area contributed by atoms with Crippen molar-refractivity contribution in [2.75, 3.05) is 31.7 Å². The minimum atomic E-state index is 0.0495. The average Bonchev–Trinajstić information content (AvgIpc) is 2.69. The highest BCUT2D eigenvalue weighted by molar-refractivity contribution is 5.87. The van der Waals surface area contributed by atoms with Crippen molar-refractivity contribution < 1.29 is 9.84 Å². The summed E-state index contributed by atoms with van der Waals surface area (Å²) in [5.41, 5.74) is 1.91. The molecule has 0 amide bonds. The fourth-order valence-corrected chi connectivity index (χ4v) is 1.80. The highest BCUT2D eigenvalue weighted by Gasteiger charge is 2.07. The van der Waals surface area contributed by atoms with Gasteiger partial charge in [0.05, 0.1) is 25.2 Å². The van der Waals surface area contributed by atoms with Gasteiger partial charge < -0.3 is 20.1 Å². The molecule has 6 nitrogen and oxygen atoms in total. The molecular formula is C12H18N4O2. The summed E-state index contributed by atoms with van der Waals surface area (Å²) in [5, 5.41) is 12.8. The number of aliphatic hydroxyl groups excluding tert-OH is 1. The van der Waals surface area contributed by atoms with Crippen LogP contribution >= 0.6 is 0 Å². The molecule has 0 saturated carbocycles. The number of aromatic nitrogens is 3. The molecule has 18 heavy (non-hydrogen) atoms. The Balaban J connectivity index is 2.07. The lowest BCUT2D eigenvalue weighted by Crippen LogP contribution is -2.12. The second-order valence-electron chi connectivity index (χ2n) is 4.10. The maximum Gasteiger partial charge on any atom is 0.143 e. The number of anilines is 1. The zero-order valence-corrected chi connectivity index (χ0v) is 10.7. The molecule has 0 aromatic carbocycles. The predicted molar refractivity (Wildman–Crippen MR) is 69.8 cm³/mol. The molecule has 2 rings (SSSR count). The van der Waals surface area contributed by atoms with Crippen molar-refractivity contribution in [1.82, 2.24) is 15.0 Å². The van der Waals surface area contributed by atoms with E-state index < -0.39 is 0 Å². The van der Waals surface area contributed by atoms with Crippen LogP contribution in [-0.4, -0.2) is 46.4 Å². The van der Waals surface area contributed by atoms with Crippen LogP contribution in [0.5, 0.6) is 0 Å². The number of aliphatic hydroxyl groups is 1. The van der Waals surface area contributed by atoms with Crippen LogP contribution in [0.3, 0.4) is 0 Å². The summed E-state index contributed by atoms with van der Waals surface area (Å²) >= 11 is 0. The molecule has 0 atom stereocenters. The van der Waals surface area contributed by atoms with E-state index in [2.05, 4.69) is 20.3 Å². The lowest BCUT2D eigenvalue weighted by atomic mass is 10.3. The van der Waals surface area contributed by atoms with Crippen molar-refractivity contribution in [2.24, 2.45) is 0 Å². The molecule has 2 aromatic rings. The van der Waals surface area contributed by atoms with Crippen LogP contribution in [-0.2, 0) is 4.74 Å². The summed E-state index contributed by atoms with van der Waals surface area (Å²) in [5.74, 6) is 1.54. The van der Waals surface area contributed by atoms with E-state index in [1.54, 1.807) is 0 Å². The van der Waals surface area contributed by atoms with Gasteiger partial charge in [0.2, 0.25) is 0 Å². The quantitative estimate of drug-likeness (QED) is 0.666. The number of hydrogen-bond donors (Lipinski definition) is 3. The van der Waals surface area contributed by atoms with Gasteiger partial charge in [0.1, 0.15) is 17.3 Å². The van der Waals surface area contributed by atoms with Crippen LogP contribution in [0.2, 0.25) is 0 Å². The first-order valence-corrected chi connectivity index (χ1v) is 5.97. The molecule has 6 heteroatoms. The van der Waals surface area contributed by atoms with E-state index >= 15 is 0 Å². The minimum absolute atomic E-state index is 0.0495. The second kappa shape index (κ2) is 5.79. The minimum Gasteiger partial charge on any atom is -0.394 e. The Morgan fingerprint density at radius 2 is 2.17 bits per heavy atom. The Morgan fingerprint density at radius 3 is 2.94 bits per heavy atom. The van der Waals surface area contributed by atoms with Crippen molar-refractivity contribution in [3.63, 3.8) is 0 Å². The summed E-state index contributed by atoms with van der Waals surface area (Å²) in [6, 6.07) is 2.02. The number of aryl methyl sites for hydroxylation is 2. The van der Waals surface area contributed by atoms with E-state index in [4.69, 9.17) is 9.84 Å². The van der Waals surface area contributed by atoms with Gasteiger partial charge in [0.25, 0.3) is 0 Å². The van der Waals surface area contributed by atoms with Crippen molar-refractivity contribution in [3.05, 3.63) is 17.6 Å². The normalized spacial score (nSPS) is 11.1. The molecule has 0 radical (unpaired) electrons. The number of nitrogens with zero attached hydrogens (tertiary/aromatic N) is 2. The highest BCUT2D eigenvalue weighted by atomic mass is 16.5. The van der Waals surface area contributed by atoms with E-state index in [0.717, 1.165) is 28.4 Å². The van der Waals surface area contributed by atoms with Crippen molar-refractivity contribution >= 4 is 16.9 Å². The third kappa shape index (κ3) is 2.96. The molecule has 0 aliphatic heterocycles. The number of fused-ring (bicyclic) bond motifs is 1. The average molecular weight is 250 g/mol. The van der Waals surface area contributed by atoms with Gasteiger partial charge in [-0.3, -0.25) is 0 Å². The van der Waals surface area contributed by atoms with Crippen LogP contribution in [0.15, 0.2) is 6.07 Å². The van der Waals surface area contributed by atoms with Gasteiger partial charge in [0, 0.05) is 12.2 Å². The van der Waals surface area contributed by atoms with E-state index in [1.807, 2.05) is 19.9 Å². The highest BCUT2D eigenvalue weighted by Crippen LogP contribution is 2.20. The smallest absolute Gasteiger partial charge is 0.143 e. The molecule has 98 valence electrons. The SMILES string of the molecule is Cc1nc(NCCOCCO)c2cc(C)[nH]c2n1. The molecule has 0 bridgehead atoms. The number of ether oxygens (including phenoxy) is 1. The number of rotatable bonds is 6. The van der Waals surface area contributed by atoms with Crippen LogP contribution in [0.25, 0.3) is 11.0 Å². The molecule has 0 saturated heterocycles. The van der Waals surface area contributed by atoms with Crippen molar-refractivity contribution in [3.8, 4) is 0 Å². The Hall–Kier alpha value is -1.66. The van der Waals surface area contributed by atoms with Crippen LogP contribution in [0.1, 0.15) is 11.5 Å².